The number of hydrogen-bond donors (Lipinski definition) is 1. The molecule has 1 aliphatic rings. The van der Waals surface area contributed by atoms with Crippen LogP contribution in [-0.2, 0) is 16.6 Å². The van der Waals surface area contributed by atoms with Crippen molar-refractivity contribution in [3.05, 3.63) is 63.1 Å². The summed E-state index contributed by atoms with van der Waals surface area (Å²) in [6.07, 6.45) is 0. The molecule has 140 valence electrons. The van der Waals surface area contributed by atoms with Gasteiger partial charge in [0.15, 0.2) is 0 Å². The minimum absolute atomic E-state index is 0.00847. The molecule has 2 aromatic carbocycles. The zero-order valence-corrected chi connectivity index (χ0v) is 17.3. The van der Waals surface area contributed by atoms with Crippen molar-refractivity contribution < 1.29 is 8.42 Å². The first-order valence-corrected chi connectivity index (χ1v) is 10.7. The second-order valence-electron chi connectivity index (χ2n) is 7.05. The molecule has 1 aliphatic heterocycles. The Bertz CT molecular complexity index is 929. The molecule has 0 saturated carbocycles. The third-order valence-corrected chi connectivity index (χ3v) is 6.67. The van der Waals surface area contributed by atoms with Gasteiger partial charge in [0.2, 0.25) is 10.0 Å². The number of benzene rings is 2. The third-order valence-electron chi connectivity index (χ3n) is 4.45. The van der Waals surface area contributed by atoms with Crippen LogP contribution in [0.15, 0.2) is 41.3 Å². The number of fused-ring (bicyclic) bond motifs is 1. The summed E-state index contributed by atoms with van der Waals surface area (Å²) in [7, 11) is -1.51. The van der Waals surface area contributed by atoms with Gasteiger partial charge in [-0.1, -0.05) is 35.3 Å². The van der Waals surface area contributed by atoms with Gasteiger partial charge in [-0.25, -0.2) is 13.1 Å². The molecule has 7 heteroatoms. The fraction of sp³-hybridized carbons (Fsp3) is 0.368. The number of nitrogens with one attached hydrogen (secondary N) is 1. The van der Waals surface area contributed by atoms with Gasteiger partial charge in [0.05, 0.1) is 4.90 Å². The van der Waals surface area contributed by atoms with E-state index < -0.39 is 10.0 Å². The first-order valence-electron chi connectivity index (χ1n) is 8.46. The molecular formula is C19H22Cl2N2O2S. The maximum atomic E-state index is 12.5. The van der Waals surface area contributed by atoms with Crippen molar-refractivity contribution in [2.45, 2.75) is 37.2 Å². The summed E-state index contributed by atoms with van der Waals surface area (Å²) >= 11 is 12.6. The largest absolute Gasteiger partial charge is 0.301 e. The number of nitrogens with zero attached hydrogens (tertiary/aromatic N) is 1. The Labute approximate surface area is 165 Å². The summed E-state index contributed by atoms with van der Waals surface area (Å²) in [4.78, 5) is 2.45. The van der Waals surface area contributed by atoms with Gasteiger partial charge in [-0.2, -0.15) is 0 Å². The van der Waals surface area contributed by atoms with Gasteiger partial charge >= 0.3 is 0 Å². The fourth-order valence-electron chi connectivity index (χ4n) is 3.41. The standard InChI is InChI=1S/C19H22Cl2N2O2S/c1-12(2)22-26(24,25)15-6-4-5-13(7-15)17-10-23(3)11-18-16(17)8-14(20)9-19(18)21/h4-9,12,17,22H,10-11H2,1-3H3. The minimum atomic E-state index is -3.54. The molecule has 1 heterocycles. The van der Waals surface area contributed by atoms with Crippen molar-refractivity contribution in [3.8, 4) is 0 Å². The Balaban J connectivity index is 2.07. The van der Waals surface area contributed by atoms with E-state index in [0.717, 1.165) is 29.8 Å². The second-order valence-corrected chi connectivity index (χ2v) is 9.61. The van der Waals surface area contributed by atoms with E-state index >= 15 is 0 Å². The Morgan fingerprint density at radius 3 is 2.62 bits per heavy atom. The van der Waals surface area contributed by atoms with Crippen molar-refractivity contribution in [3.63, 3.8) is 0 Å². The molecule has 1 atom stereocenters. The fourth-order valence-corrected chi connectivity index (χ4v) is 5.28. The highest BCUT2D eigenvalue weighted by atomic mass is 35.5. The van der Waals surface area contributed by atoms with Crippen LogP contribution in [-0.4, -0.2) is 33.0 Å². The van der Waals surface area contributed by atoms with Crippen molar-refractivity contribution in [1.82, 2.24) is 9.62 Å². The van der Waals surface area contributed by atoms with Gasteiger partial charge in [-0.05, 0) is 61.9 Å². The first-order chi connectivity index (χ1) is 12.2. The predicted octanol–water partition coefficient (Wildman–Crippen LogP) is 4.26. The number of rotatable bonds is 4. The van der Waals surface area contributed by atoms with E-state index in [1.165, 1.54) is 0 Å². The van der Waals surface area contributed by atoms with Gasteiger partial charge in [-0.3, -0.25) is 0 Å². The molecule has 26 heavy (non-hydrogen) atoms. The predicted molar refractivity (Wildman–Crippen MR) is 107 cm³/mol. The molecule has 0 spiro atoms. The smallest absolute Gasteiger partial charge is 0.240 e. The van der Waals surface area contributed by atoms with Crippen LogP contribution in [0.2, 0.25) is 10.0 Å². The number of likely N-dealkylation sites (N-methyl/N-ethyl adjacent to an activating group) is 1. The molecule has 1 N–H and O–H groups in total. The SMILES string of the molecule is CC(C)NS(=O)(=O)c1cccc(C2CN(C)Cc3c(Cl)cc(Cl)cc32)c1. The quantitative estimate of drug-likeness (QED) is 0.815. The molecule has 0 amide bonds. The van der Waals surface area contributed by atoms with E-state index in [9.17, 15) is 8.42 Å². The lowest BCUT2D eigenvalue weighted by molar-refractivity contribution is 0.295. The summed E-state index contributed by atoms with van der Waals surface area (Å²) in [5.41, 5.74) is 3.04. The molecule has 0 aliphatic carbocycles. The zero-order valence-electron chi connectivity index (χ0n) is 15.0. The Kier molecular flexibility index (Phi) is 5.66. The van der Waals surface area contributed by atoms with E-state index in [2.05, 4.69) is 9.62 Å². The molecule has 2 aromatic rings. The summed E-state index contributed by atoms with van der Waals surface area (Å²) in [5, 5.41) is 1.24. The van der Waals surface area contributed by atoms with Crippen molar-refractivity contribution in [1.29, 1.82) is 0 Å². The summed E-state index contributed by atoms with van der Waals surface area (Å²) in [5.74, 6) is 0.00847. The van der Waals surface area contributed by atoms with Crippen LogP contribution in [0, 0.1) is 0 Å². The Morgan fingerprint density at radius 2 is 1.92 bits per heavy atom. The second kappa shape index (κ2) is 7.49. The highest BCUT2D eigenvalue weighted by Gasteiger charge is 2.28. The number of halogens is 2. The Hall–Kier alpha value is -1.11. The first kappa shape index (κ1) is 19.6. The highest BCUT2D eigenvalue weighted by Crippen LogP contribution is 2.38. The lowest BCUT2D eigenvalue weighted by atomic mass is 9.85. The van der Waals surface area contributed by atoms with E-state index in [4.69, 9.17) is 23.2 Å². The van der Waals surface area contributed by atoms with Gasteiger partial charge < -0.3 is 4.90 Å². The maximum absolute atomic E-state index is 12.5. The van der Waals surface area contributed by atoms with Gasteiger partial charge in [-0.15, -0.1) is 0 Å². The maximum Gasteiger partial charge on any atom is 0.240 e. The van der Waals surface area contributed by atoms with Crippen molar-refractivity contribution >= 4 is 33.2 Å². The Morgan fingerprint density at radius 1 is 1.19 bits per heavy atom. The topological polar surface area (TPSA) is 49.4 Å². The van der Waals surface area contributed by atoms with Crippen molar-refractivity contribution in [2.24, 2.45) is 0 Å². The molecule has 0 radical (unpaired) electrons. The molecule has 0 bridgehead atoms. The normalized spacial score (nSPS) is 18.2. The number of hydrogen-bond acceptors (Lipinski definition) is 3. The molecule has 3 rings (SSSR count). The van der Waals surface area contributed by atoms with Crippen LogP contribution in [0.1, 0.15) is 36.5 Å². The van der Waals surface area contributed by atoms with E-state index in [1.807, 2.05) is 19.2 Å². The van der Waals surface area contributed by atoms with Crippen LogP contribution in [0.4, 0.5) is 0 Å². The summed E-state index contributed by atoms with van der Waals surface area (Å²) in [6, 6.07) is 10.6. The molecule has 0 fully saturated rings. The zero-order chi connectivity index (χ0) is 19.1. The lowest BCUT2D eigenvalue weighted by Gasteiger charge is -2.33. The van der Waals surface area contributed by atoms with Crippen LogP contribution >= 0.6 is 23.2 Å². The van der Waals surface area contributed by atoms with E-state index in [0.29, 0.717) is 10.0 Å². The minimum Gasteiger partial charge on any atom is -0.301 e. The average molecular weight is 413 g/mol. The van der Waals surface area contributed by atoms with E-state index in [-0.39, 0.29) is 16.9 Å². The summed E-state index contributed by atoms with van der Waals surface area (Å²) in [6.45, 7) is 5.12. The average Bonchev–Trinajstić information content (AvgIpc) is 2.54. The molecule has 4 nitrogen and oxygen atoms in total. The number of sulfonamides is 1. The summed E-state index contributed by atoms with van der Waals surface area (Å²) < 4.78 is 27.7. The van der Waals surface area contributed by atoms with Gasteiger partial charge in [0.1, 0.15) is 0 Å². The monoisotopic (exact) mass is 412 g/mol. The molecular weight excluding hydrogens is 391 g/mol. The van der Waals surface area contributed by atoms with Crippen LogP contribution in [0.3, 0.4) is 0 Å². The van der Waals surface area contributed by atoms with E-state index in [1.54, 1.807) is 38.1 Å². The van der Waals surface area contributed by atoms with Crippen LogP contribution in [0.25, 0.3) is 0 Å². The van der Waals surface area contributed by atoms with Gasteiger partial charge in [0, 0.05) is 35.1 Å². The molecule has 0 saturated heterocycles. The lowest BCUT2D eigenvalue weighted by Crippen LogP contribution is -2.32. The molecule has 1 unspecified atom stereocenters. The highest BCUT2D eigenvalue weighted by molar-refractivity contribution is 7.89. The third kappa shape index (κ3) is 4.07. The van der Waals surface area contributed by atoms with Crippen LogP contribution < -0.4 is 4.72 Å². The van der Waals surface area contributed by atoms with Crippen molar-refractivity contribution in [2.75, 3.05) is 13.6 Å². The van der Waals surface area contributed by atoms with Gasteiger partial charge in [0.25, 0.3) is 0 Å². The van der Waals surface area contributed by atoms with Crippen LogP contribution in [0.5, 0.6) is 0 Å². The molecule has 0 aromatic heterocycles.